The molecule has 0 radical (unpaired) electrons. The van der Waals surface area contributed by atoms with Crippen LogP contribution in [-0.2, 0) is 10.5 Å². The van der Waals surface area contributed by atoms with E-state index in [1.807, 2.05) is 24.8 Å². The van der Waals surface area contributed by atoms with Crippen LogP contribution in [0.15, 0.2) is 14.9 Å². The molecule has 2 aromatic rings. The maximum absolute atomic E-state index is 12.0. The molecule has 0 unspecified atom stereocenters. The van der Waals surface area contributed by atoms with Crippen LogP contribution in [0.25, 0.3) is 0 Å². The summed E-state index contributed by atoms with van der Waals surface area (Å²) in [5, 5.41) is 13.0. The fraction of sp³-hybridized carbons (Fsp3) is 0.538. The molecule has 2 aromatic heterocycles. The molecule has 8 heteroatoms. The SMILES string of the molecule is CCC(=O)N(c1nnc(SCc2cc(C)on2)s1)C1CC1. The highest BCUT2D eigenvalue weighted by Crippen LogP contribution is 2.36. The molecule has 0 atom stereocenters. The Bertz CT molecular complexity index is 636. The molecule has 0 aliphatic heterocycles. The lowest BCUT2D eigenvalue weighted by molar-refractivity contribution is -0.118. The number of thioether (sulfide) groups is 1. The van der Waals surface area contributed by atoms with E-state index in [4.69, 9.17) is 4.52 Å². The predicted molar refractivity (Wildman–Crippen MR) is 81.5 cm³/mol. The predicted octanol–water partition coefficient (Wildman–Crippen LogP) is 3.03. The van der Waals surface area contributed by atoms with Crippen molar-refractivity contribution in [1.29, 1.82) is 0 Å². The van der Waals surface area contributed by atoms with E-state index in [1.165, 1.54) is 11.3 Å². The Morgan fingerprint density at radius 3 is 2.95 bits per heavy atom. The maximum atomic E-state index is 12.0. The first-order valence-corrected chi connectivity index (χ1v) is 8.68. The molecule has 1 saturated carbocycles. The van der Waals surface area contributed by atoms with Crippen LogP contribution in [0, 0.1) is 6.92 Å². The van der Waals surface area contributed by atoms with E-state index >= 15 is 0 Å². The molecule has 0 bridgehead atoms. The van der Waals surface area contributed by atoms with Crippen molar-refractivity contribution in [3.05, 3.63) is 17.5 Å². The Morgan fingerprint density at radius 2 is 2.33 bits per heavy atom. The van der Waals surface area contributed by atoms with Gasteiger partial charge in [0.05, 0.1) is 5.69 Å². The highest BCUT2D eigenvalue weighted by Gasteiger charge is 2.35. The quantitative estimate of drug-likeness (QED) is 0.601. The summed E-state index contributed by atoms with van der Waals surface area (Å²) in [6.45, 7) is 3.75. The van der Waals surface area contributed by atoms with E-state index in [2.05, 4.69) is 15.4 Å². The summed E-state index contributed by atoms with van der Waals surface area (Å²) in [5.41, 5.74) is 0.887. The van der Waals surface area contributed by atoms with Crippen LogP contribution in [0.2, 0.25) is 0 Å². The first-order valence-electron chi connectivity index (χ1n) is 6.88. The lowest BCUT2D eigenvalue weighted by atomic mass is 10.4. The summed E-state index contributed by atoms with van der Waals surface area (Å²) in [7, 11) is 0. The molecule has 112 valence electrons. The summed E-state index contributed by atoms with van der Waals surface area (Å²) in [6.07, 6.45) is 2.62. The number of carbonyl (C=O) groups is 1. The minimum absolute atomic E-state index is 0.123. The van der Waals surface area contributed by atoms with Gasteiger partial charge in [-0.3, -0.25) is 9.69 Å². The van der Waals surface area contributed by atoms with Crippen molar-refractivity contribution in [3.63, 3.8) is 0 Å². The average molecular weight is 324 g/mol. The third-order valence-corrected chi connectivity index (χ3v) is 5.19. The lowest BCUT2D eigenvalue weighted by Gasteiger charge is -2.17. The van der Waals surface area contributed by atoms with Crippen LogP contribution in [0.4, 0.5) is 5.13 Å². The maximum Gasteiger partial charge on any atom is 0.228 e. The number of hydrogen-bond acceptors (Lipinski definition) is 7. The van der Waals surface area contributed by atoms with Gasteiger partial charge in [-0.1, -0.05) is 35.2 Å². The van der Waals surface area contributed by atoms with E-state index in [1.54, 1.807) is 11.8 Å². The Hall–Kier alpha value is -1.41. The molecule has 2 heterocycles. The fourth-order valence-electron chi connectivity index (χ4n) is 1.95. The number of hydrogen-bond donors (Lipinski definition) is 0. The van der Waals surface area contributed by atoms with Gasteiger partial charge in [-0.15, -0.1) is 10.2 Å². The molecule has 3 rings (SSSR count). The molecule has 1 aliphatic carbocycles. The zero-order valence-corrected chi connectivity index (χ0v) is 13.5. The third-order valence-electron chi connectivity index (χ3n) is 3.11. The zero-order chi connectivity index (χ0) is 14.8. The van der Waals surface area contributed by atoms with Crippen molar-refractivity contribution in [1.82, 2.24) is 15.4 Å². The van der Waals surface area contributed by atoms with Crippen molar-refractivity contribution in [2.24, 2.45) is 0 Å². The van der Waals surface area contributed by atoms with Gasteiger partial charge in [-0.05, 0) is 19.8 Å². The fourth-order valence-corrected chi connectivity index (χ4v) is 3.76. The van der Waals surface area contributed by atoms with Gasteiger partial charge in [0.2, 0.25) is 11.0 Å². The van der Waals surface area contributed by atoms with Gasteiger partial charge in [0.25, 0.3) is 0 Å². The summed E-state index contributed by atoms with van der Waals surface area (Å²) >= 11 is 3.03. The number of aromatic nitrogens is 3. The second-order valence-corrected chi connectivity index (χ2v) is 7.10. The Balaban J connectivity index is 1.66. The Labute approximate surface area is 130 Å². The van der Waals surface area contributed by atoms with Crippen LogP contribution < -0.4 is 4.90 Å². The molecular weight excluding hydrogens is 308 g/mol. The van der Waals surface area contributed by atoms with Crippen LogP contribution in [0.1, 0.15) is 37.6 Å². The van der Waals surface area contributed by atoms with E-state index in [0.717, 1.165) is 28.6 Å². The minimum Gasteiger partial charge on any atom is -0.361 e. The molecule has 0 N–H and O–H groups in total. The number of amides is 1. The smallest absolute Gasteiger partial charge is 0.228 e. The number of anilines is 1. The Morgan fingerprint density at radius 1 is 1.52 bits per heavy atom. The lowest BCUT2D eigenvalue weighted by Crippen LogP contribution is -2.32. The number of rotatable bonds is 6. The first kappa shape index (κ1) is 14.5. The minimum atomic E-state index is 0.123. The van der Waals surface area contributed by atoms with E-state index in [-0.39, 0.29) is 5.91 Å². The molecule has 1 amide bonds. The van der Waals surface area contributed by atoms with E-state index in [9.17, 15) is 4.79 Å². The molecule has 0 aromatic carbocycles. The van der Waals surface area contributed by atoms with Gasteiger partial charge in [0, 0.05) is 24.3 Å². The molecule has 0 saturated heterocycles. The van der Waals surface area contributed by atoms with Gasteiger partial charge in [0.15, 0.2) is 4.34 Å². The topological polar surface area (TPSA) is 72.1 Å². The summed E-state index contributed by atoms with van der Waals surface area (Å²) in [5.74, 6) is 1.62. The highest BCUT2D eigenvalue weighted by molar-refractivity contribution is 8.00. The molecule has 6 nitrogen and oxygen atoms in total. The van der Waals surface area contributed by atoms with Gasteiger partial charge in [-0.25, -0.2) is 0 Å². The van der Waals surface area contributed by atoms with Gasteiger partial charge in [0.1, 0.15) is 5.76 Å². The standard InChI is InChI=1S/C13H16N4O2S2/c1-3-11(18)17(10-4-5-10)12-14-15-13(21-12)20-7-9-6-8(2)19-16-9/h6,10H,3-5,7H2,1-2H3. The van der Waals surface area contributed by atoms with Gasteiger partial charge >= 0.3 is 0 Å². The average Bonchev–Trinajstić information content (AvgIpc) is 3.04. The molecule has 1 fully saturated rings. The molecular formula is C13H16N4O2S2. The van der Waals surface area contributed by atoms with Gasteiger partial charge < -0.3 is 4.52 Å². The van der Waals surface area contributed by atoms with Crippen LogP contribution in [-0.4, -0.2) is 27.3 Å². The van der Waals surface area contributed by atoms with E-state index in [0.29, 0.717) is 23.3 Å². The number of nitrogens with zero attached hydrogens (tertiary/aromatic N) is 4. The van der Waals surface area contributed by atoms with Crippen molar-refractivity contribution < 1.29 is 9.32 Å². The second-order valence-electron chi connectivity index (χ2n) is 4.92. The van der Waals surface area contributed by atoms with Crippen molar-refractivity contribution >= 4 is 34.1 Å². The van der Waals surface area contributed by atoms with Crippen LogP contribution in [0.3, 0.4) is 0 Å². The zero-order valence-electron chi connectivity index (χ0n) is 11.9. The Kier molecular flexibility index (Phi) is 4.25. The summed E-state index contributed by atoms with van der Waals surface area (Å²) in [6, 6.07) is 2.23. The molecule has 0 spiro atoms. The normalized spacial score (nSPS) is 14.4. The van der Waals surface area contributed by atoms with E-state index < -0.39 is 0 Å². The van der Waals surface area contributed by atoms with Crippen LogP contribution in [0.5, 0.6) is 0 Å². The van der Waals surface area contributed by atoms with Crippen LogP contribution >= 0.6 is 23.1 Å². The highest BCUT2D eigenvalue weighted by atomic mass is 32.2. The van der Waals surface area contributed by atoms with Crippen molar-refractivity contribution in [2.75, 3.05) is 4.90 Å². The molecule has 1 aliphatic rings. The second kappa shape index (κ2) is 6.15. The first-order chi connectivity index (χ1) is 10.2. The summed E-state index contributed by atoms with van der Waals surface area (Å²) < 4.78 is 5.88. The number of carbonyl (C=O) groups excluding carboxylic acids is 1. The summed E-state index contributed by atoms with van der Waals surface area (Å²) in [4.78, 5) is 13.8. The van der Waals surface area contributed by atoms with Gasteiger partial charge in [-0.2, -0.15) is 0 Å². The van der Waals surface area contributed by atoms with Crippen molar-refractivity contribution in [2.45, 2.75) is 49.2 Å². The molecule has 21 heavy (non-hydrogen) atoms. The van der Waals surface area contributed by atoms with Crippen molar-refractivity contribution in [3.8, 4) is 0 Å². The monoisotopic (exact) mass is 324 g/mol. The number of aryl methyl sites for hydroxylation is 1. The largest absolute Gasteiger partial charge is 0.361 e. The third kappa shape index (κ3) is 3.44.